The van der Waals surface area contributed by atoms with Crippen molar-refractivity contribution in [1.29, 1.82) is 0 Å². The predicted molar refractivity (Wildman–Crippen MR) is 139 cm³/mol. The Morgan fingerprint density at radius 1 is 0.943 bits per heavy atom. The van der Waals surface area contributed by atoms with Gasteiger partial charge in [0.1, 0.15) is 0 Å². The van der Waals surface area contributed by atoms with E-state index >= 15 is 0 Å². The molecule has 6 heteroatoms. The lowest BCUT2D eigenvalue weighted by molar-refractivity contribution is 0.101. The van der Waals surface area contributed by atoms with E-state index in [-0.39, 0.29) is 5.78 Å². The molecule has 1 saturated heterocycles. The molecule has 0 spiro atoms. The molecule has 3 aromatic heterocycles. The highest BCUT2D eigenvalue weighted by molar-refractivity contribution is 6.00. The van der Waals surface area contributed by atoms with Gasteiger partial charge in [-0.3, -0.25) is 9.78 Å². The first-order valence-corrected chi connectivity index (χ1v) is 12.4. The fraction of sp³-hybridized carbons (Fsp3) is 0.310. The number of carbonyl (C=O) groups excluding carboxylic acids is 1. The van der Waals surface area contributed by atoms with Gasteiger partial charge in [0.2, 0.25) is 0 Å². The molecular weight excluding hydrogens is 434 g/mol. The Bertz CT molecular complexity index is 1560. The monoisotopic (exact) mass is 463 g/mol. The zero-order chi connectivity index (χ0) is 23.9. The van der Waals surface area contributed by atoms with Crippen LogP contribution in [-0.4, -0.2) is 50.1 Å². The lowest BCUT2D eigenvalue weighted by atomic mass is 9.87. The van der Waals surface area contributed by atoms with E-state index in [0.717, 1.165) is 48.3 Å². The van der Waals surface area contributed by atoms with Gasteiger partial charge in [0, 0.05) is 29.9 Å². The van der Waals surface area contributed by atoms with Crippen LogP contribution in [-0.2, 0) is 6.42 Å². The van der Waals surface area contributed by atoms with E-state index in [0.29, 0.717) is 11.6 Å². The number of carbonyl (C=O) groups is 1. The molecule has 0 atom stereocenters. The second kappa shape index (κ2) is 8.86. The summed E-state index contributed by atoms with van der Waals surface area (Å²) >= 11 is 0. The van der Waals surface area contributed by atoms with Crippen LogP contribution >= 0.6 is 0 Å². The molecule has 0 aliphatic carbocycles. The minimum atomic E-state index is -0.0613. The number of Topliss-reactive ketones (excluding diaryl/α,β-unsaturated/α-hetero) is 1. The zero-order valence-corrected chi connectivity index (χ0v) is 20.2. The summed E-state index contributed by atoms with van der Waals surface area (Å²) in [6.45, 7) is 6.85. The number of benzene rings is 2. The Hall–Kier alpha value is -3.64. The van der Waals surface area contributed by atoms with Gasteiger partial charge in [-0.05, 0) is 80.6 Å². The van der Waals surface area contributed by atoms with Crippen LogP contribution in [0.5, 0.6) is 0 Å². The van der Waals surface area contributed by atoms with E-state index in [1.54, 1.807) is 4.52 Å². The zero-order valence-electron chi connectivity index (χ0n) is 20.2. The number of likely N-dealkylation sites (tertiary alicyclic amines) is 1. The van der Waals surface area contributed by atoms with Crippen LogP contribution < -0.4 is 0 Å². The quantitative estimate of drug-likeness (QED) is 0.328. The van der Waals surface area contributed by atoms with E-state index in [1.807, 2.05) is 6.07 Å². The number of nitrogens with zero attached hydrogens (tertiary/aromatic N) is 5. The molecule has 0 saturated carbocycles. The summed E-state index contributed by atoms with van der Waals surface area (Å²) in [4.78, 5) is 19.2. The number of aromatic nitrogens is 4. The maximum atomic E-state index is 11.9. The number of rotatable bonds is 5. The number of pyridine rings is 2. The van der Waals surface area contributed by atoms with Gasteiger partial charge < -0.3 is 4.90 Å². The average molecular weight is 464 g/mol. The first-order valence-electron chi connectivity index (χ1n) is 12.4. The summed E-state index contributed by atoms with van der Waals surface area (Å²) in [5.74, 6) is 0.530. The lowest BCUT2D eigenvalue weighted by Gasteiger charge is -2.32. The van der Waals surface area contributed by atoms with Gasteiger partial charge in [0.15, 0.2) is 11.5 Å². The maximum absolute atomic E-state index is 11.9. The molecule has 0 unspecified atom stereocenters. The van der Waals surface area contributed by atoms with E-state index in [4.69, 9.17) is 4.98 Å². The van der Waals surface area contributed by atoms with Gasteiger partial charge in [0.05, 0.1) is 16.6 Å². The summed E-state index contributed by atoms with van der Waals surface area (Å²) in [5, 5.41) is 10.8. The minimum absolute atomic E-state index is 0.0613. The maximum Gasteiger partial charge on any atom is 0.182 e. The van der Waals surface area contributed by atoms with E-state index in [2.05, 4.69) is 76.7 Å². The predicted octanol–water partition coefficient (Wildman–Crippen LogP) is 5.36. The summed E-state index contributed by atoms with van der Waals surface area (Å²) in [6, 6.07) is 21.3. The highest BCUT2D eigenvalue weighted by atomic mass is 16.1. The smallest absolute Gasteiger partial charge is 0.182 e. The largest absolute Gasteiger partial charge is 0.303 e. The van der Waals surface area contributed by atoms with Gasteiger partial charge in [-0.1, -0.05) is 41.6 Å². The van der Waals surface area contributed by atoms with Crippen molar-refractivity contribution in [1.82, 2.24) is 24.7 Å². The van der Waals surface area contributed by atoms with Gasteiger partial charge in [-0.2, -0.15) is 0 Å². The van der Waals surface area contributed by atoms with Crippen molar-refractivity contribution >= 4 is 33.1 Å². The molecule has 0 N–H and O–H groups in total. The first kappa shape index (κ1) is 21.9. The average Bonchev–Trinajstić information content (AvgIpc) is 3.32. The van der Waals surface area contributed by atoms with Crippen molar-refractivity contribution in [2.45, 2.75) is 39.0 Å². The van der Waals surface area contributed by atoms with E-state index in [1.165, 1.54) is 41.7 Å². The summed E-state index contributed by atoms with van der Waals surface area (Å²) in [7, 11) is 0. The molecule has 1 fully saturated rings. The number of ketones is 1. The van der Waals surface area contributed by atoms with Gasteiger partial charge in [0.25, 0.3) is 0 Å². The highest BCUT2D eigenvalue weighted by Gasteiger charge is 2.22. The number of piperidine rings is 1. The van der Waals surface area contributed by atoms with E-state index in [9.17, 15) is 4.79 Å². The summed E-state index contributed by atoms with van der Waals surface area (Å²) < 4.78 is 1.79. The third kappa shape index (κ3) is 3.98. The molecular formula is C29H29N5O. The number of fused-ring (bicyclic) bond motifs is 4. The van der Waals surface area contributed by atoms with Crippen LogP contribution in [0.25, 0.3) is 27.3 Å². The van der Waals surface area contributed by atoms with Crippen LogP contribution in [0.15, 0.2) is 60.7 Å². The molecule has 0 bridgehead atoms. The second-order valence-corrected chi connectivity index (χ2v) is 9.71. The van der Waals surface area contributed by atoms with Crippen LogP contribution in [0.2, 0.25) is 0 Å². The topological polar surface area (TPSA) is 63.4 Å². The third-order valence-electron chi connectivity index (χ3n) is 7.48. The van der Waals surface area contributed by atoms with Crippen molar-refractivity contribution in [3.05, 3.63) is 83.2 Å². The summed E-state index contributed by atoms with van der Waals surface area (Å²) in [6.07, 6.45) is 3.34. The van der Waals surface area contributed by atoms with Gasteiger partial charge in [-0.25, -0.2) is 4.52 Å². The number of aryl methyl sites for hydroxylation is 1. The molecule has 0 amide bonds. The van der Waals surface area contributed by atoms with Gasteiger partial charge >= 0.3 is 0 Å². The number of hydrogen-bond acceptors (Lipinski definition) is 5. The van der Waals surface area contributed by atoms with Crippen LogP contribution in [0.4, 0.5) is 0 Å². The highest BCUT2D eigenvalue weighted by Crippen LogP contribution is 2.33. The Balaban J connectivity index is 1.16. The molecule has 0 radical (unpaired) electrons. The van der Waals surface area contributed by atoms with Crippen molar-refractivity contribution in [2.24, 2.45) is 0 Å². The van der Waals surface area contributed by atoms with Gasteiger partial charge in [-0.15, -0.1) is 5.10 Å². The van der Waals surface area contributed by atoms with Crippen molar-refractivity contribution in [3.8, 4) is 0 Å². The third-order valence-corrected chi connectivity index (χ3v) is 7.48. The number of hydrogen-bond donors (Lipinski definition) is 0. The van der Waals surface area contributed by atoms with Crippen LogP contribution in [0.3, 0.4) is 0 Å². The lowest BCUT2D eigenvalue weighted by Crippen LogP contribution is -2.34. The Morgan fingerprint density at radius 2 is 1.74 bits per heavy atom. The fourth-order valence-electron chi connectivity index (χ4n) is 5.61. The Morgan fingerprint density at radius 3 is 2.57 bits per heavy atom. The molecule has 5 aromatic rings. The summed E-state index contributed by atoms with van der Waals surface area (Å²) in [5.41, 5.74) is 7.13. The first-order chi connectivity index (χ1) is 17.1. The molecule has 4 heterocycles. The van der Waals surface area contributed by atoms with Crippen molar-refractivity contribution in [3.63, 3.8) is 0 Å². The molecule has 35 heavy (non-hydrogen) atoms. The molecule has 176 valence electrons. The Labute approximate surface area is 204 Å². The molecule has 1 aliphatic rings. The molecule has 2 aromatic carbocycles. The molecule has 6 rings (SSSR count). The normalized spacial score (nSPS) is 15.4. The van der Waals surface area contributed by atoms with E-state index < -0.39 is 0 Å². The fourth-order valence-corrected chi connectivity index (χ4v) is 5.61. The van der Waals surface area contributed by atoms with Crippen molar-refractivity contribution < 1.29 is 4.79 Å². The van der Waals surface area contributed by atoms with Crippen LogP contribution in [0.1, 0.15) is 53.0 Å². The standard InChI is InChI=1S/C29H29N5O/c1-19-9-10-25-23(6-4-7-26(25)30-19)22-14-17-33(18-15-22)16-13-21-5-3-8-27-24(21)11-12-28-29(20(2)35)31-32-34(27)28/h3-12,22H,13-18H2,1-2H3. The SMILES string of the molecule is CC(=O)c1nnn2c1ccc1c(CCN3CCC(c4cccc5nc(C)ccc45)CC3)cccc12. The molecule has 1 aliphatic heterocycles. The van der Waals surface area contributed by atoms with Crippen molar-refractivity contribution in [2.75, 3.05) is 19.6 Å². The molecule has 6 nitrogen and oxygen atoms in total. The minimum Gasteiger partial charge on any atom is -0.303 e. The van der Waals surface area contributed by atoms with Crippen LogP contribution in [0, 0.1) is 6.92 Å². The second-order valence-electron chi connectivity index (χ2n) is 9.71. The Kier molecular flexibility index (Phi) is 5.53.